The van der Waals surface area contributed by atoms with Crippen LogP contribution in [0.15, 0.2) is 48.8 Å². The number of likely N-dealkylation sites (N-methyl/N-ethyl adjacent to an activating group) is 1. The Morgan fingerprint density at radius 1 is 1.19 bits per heavy atom. The zero-order valence-electron chi connectivity index (χ0n) is 12.6. The Kier molecular flexibility index (Phi) is 5.04. The maximum absolute atomic E-state index is 13.9. The molecule has 1 aromatic heterocycles. The van der Waals surface area contributed by atoms with Gasteiger partial charge < -0.3 is 5.73 Å². The minimum atomic E-state index is -0.300. The van der Waals surface area contributed by atoms with Crippen molar-refractivity contribution >= 4 is 0 Å². The van der Waals surface area contributed by atoms with E-state index < -0.39 is 0 Å². The number of nitrogens with zero attached hydrogens (tertiary/aromatic N) is 2. The number of benzene rings is 1. The normalized spacial score (nSPS) is 14.1. The Hall–Kier alpha value is -1.78. The minimum absolute atomic E-state index is 0.172. The summed E-state index contributed by atoms with van der Waals surface area (Å²) in [7, 11) is 2.02. The van der Waals surface area contributed by atoms with Crippen LogP contribution in [0.1, 0.15) is 18.1 Å². The second-order valence-corrected chi connectivity index (χ2v) is 5.68. The van der Waals surface area contributed by atoms with E-state index in [0.29, 0.717) is 18.5 Å². The van der Waals surface area contributed by atoms with Crippen molar-refractivity contribution in [1.29, 1.82) is 0 Å². The monoisotopic (exact) mass is 287 g/mol. The van der Waals surface area contributed by atoms with Gasteiger partial charge in [-0.15, -0.1) is 0 Å². The van der Waals surface area contributed by atoms with Crippen LogP contribution >= 0.6 is 0 Å². The van der Waals surface area contributed by atoms with Gasteiger partial charge in [0.25, 0.3) is 0 Å². The van der Waals surface area contributed by atoms with E-state index in [1.54, 1.807) is 18.5 Å². The summed E-state index contributed by atoms with van der Waals surface area (Å²) in [5, 5.41) is 0. The molecule has 2 N–H and O–H groups in total. The Morgan fingerprint density at radius 3 is 2.48 bits per heavy atom. The molecule has 0 aliphatic rings. The van der Waals surface area contributed by atoms with Crippen LogP contribution in [0, 0.1) is 5.82 Å². The summed E-state index contributed by atoms with van der Waals surface area (Å²) < 4.78 is 13.9. The van der Waals surface area contributed by atoms with E-state index in [2.05, 4.69) is 16.8 Å². The van der Waals surface area contributed by atoms with Crippen LogP contribution in [-0.2, 0) is 13.0 Å². The predicted octanol–water partition coefficient (Wildman–Crippen LogP) is 2.61. The second-order valence-electron chi connectivity index (χ2n) is 5.68. The van der Waals surface area contributed by atoms with E-state index in [1.807, 2.05) is 31.3 Å². The molecule has 1 atom stereocenters. The van der Waals surface area contributed by atoms with Crippen LogP contribution in [0.2, 0.25) is 0 Å². The fourth-order valence-electron chi connectivity index (χ4n) is 2.37. The summed E-state index contributed by atoms with van der Waals surface area (Å²) in [4.78, 5) is 6.20. The Labute approximate surface area is 125 Å². The highest BCUT2D eigenvalue weighted by atomic mass is 19.1. The maximum Gasteiger partial charge on any atom is 0.126 e. The third-order valence-corrected chi connectivity index (χ3v) is 4.06. The molecule has 0 aliphatic carbocycles. The molecule has 2 rings (SSSR count). The SMILES string of the molecule is CN(Cc1ccncc1)C(C)(CN)Cc1ccccc1F. The van der Waals surface area contributed by atoms with Gasteiger partial charge in [-0.25, -0.2) is 4.39 Å². The van der Waals surface area contributed by atoms with Crippen molar-refractivity contribution in [3.63, 3.8) is 0 Å². The average Bonchev–Trinajstić information content (AvgIpc) is 2.50. The van der Waals surface area contributed by atoms with Gasteiger partial charge in [-0.1, -0.05) is 18.2 Å². The largest absolute Gasteiger partial charge is 0.329 e. The predicted molar refractivity (Wildman–Crippen MR) is 83.3 cm³/mol. The van der Waals surface area contributed by atoms with Crippen LogP contribution in [0.5, 0.6) is 0 Å². The zero-order chi connectivity index (χ0) is 15.3. The Bertz CT molecular complexity index is 573. The zero-order valence-corrected chi connectivity index (χ0v) is 12.6. The van der Waals surface area contributed by atoms with Crippen molar-refractivity contribution in [3.05, 3.63) is 65.7 Å². The molecule has 0 saturated carbocycles. The molecular weight excluding hydrogens is 265 g/mol. The molecule has 112 valence electrons. The molecule has 0 saturated heterocycles. The summed E-state index contributed by atoms with van der Waals surface area (Å²) in [6, 6.07) is 10.9. The van der Waals surface area contributed by atoms with Crippen molar-refractivity contribution in [2.45, 2.75) is 25.4 Å². The van der Waals surface area contributed by atoms with Gasteiger partial charge in [0.15, 0.2) is 0 Å². The van der Waals surface area contributed by atoms with Gasteiger partial charge in [0.05, 0.1) is 0 Å². The quantitative estimate of drug-likeness (QED) is 0.888. The van der Waals surface area contributed by atoms with E-state index in [1.165, 1.54) is 11.6 Å². The molecule has 1 aromatic carbocycles. The smallest absolute Gasteiger partial charge is 0.126 e. The number of nitrogens with two attached hydrogens (primary N) is 1. The van der Waals surface area contributed by atoms with Crippen molar-refractivity contribution in [2.24, 2.45) is 5.73 Å². The van der Waals surface area contributed by atoms with Gasteiger partial charge in [0.1, 0.15) is 5.82 Å². The lowest BCUT2D eigenvalue weighted by Gasteiger charge is -2.38. The Balaban J connectivity index is 2.14. The van der Waals surface area contributed by atoms with Gasteiger partial charge in [0.2, 0.25) is 0 Å². The number of rotatable bonds is 6. The molecule has 21 heavy (non-hydrogen) atoms. The lowest BCUT2D eigenvalue weighted by molar-refractivity contribution is 0.135. The second kappa shape index (κ2) is 6.78. The van der Waals surface area contributed by atoms with E-state index >= 15 is 0 Å². The summed E-state index contributed by atoms with van der Waals surface area (Å²) in [5.41, 5.74) is 7.55. The molecule has 3 nitrogen and oxygen atoms in total. The first-order chi connectivity index (χ1) is 10.0. The Morgan fingerprint density at radius 2 is 1.86 bits per heavy atom. The van der Waals surface area contributed by atoms with Crippen molar-refractivity contribution in [3.8, 4) is 0 Å². The topological polar surface area (TPSA) is 42.2 Å². The van der Waals surface area contributed by atoms with Crippen LogP contribution in [-0.4, -0.2) is 29.0 Å². The first kappa shape index (κ1) is 15.6. The van der Waals surface area contributed by atoms with Gasteiger partial charge >= 0.3 is 0 Å². The number of hydrogen-bond acceptors (Lipinski definition) is 3. The maximum atomic E-state index is 13.9. The molecule has 4 heteroatoms. The van der Waals surface area contributed by atoms with E-state index in [0.717, 1.165) is 6.54 Å². The fraction of sp³-hybridized carbons (Fsp3) is 0.353. The van der Waals surface area contributed by atoms with E-state index in [9.17, 15) is 4.39 Å². The van der Waals surface area contributed by atoms with Crippen molar-refractivity contribution in [1.82, 2.24) is 9.88 Å². The summed E-state index contributed by atoms with van der Waals surface area (Å²) >= 11 is 0. The van der Waals surface area contributed by atoms with Gasteiger partial charge in [-0.3, -0.25) is 9.88 Å². The van der Waals surface area contributed by atoms with Crippen LogP contribution < -0.4 is 5.73 Å². The highest BCUT2D eigenvalue weighted by Gasteiger charge is 2.29. The summed E-state index contributed by atoms with van der Waals surface area (Å²) in [6.07, 6.45) is 4.14. The molecule has 0 radical (unpaired) electrons. The first-order valence-electron chi connectivity index (χ1n) is 7.09. The minimum Gasteiger partial charge on any atom is -0.329 e. The molecule has 1 heterocycles. The fourth-order valence-corrected chi connectivity index (χ4v) is 2.37. The number of halogens is 1. The van der Waals surface area contributed by atoms with Gasteiger partial charge in [-0.05, 0) is 49.7 Å². The lowest BCUT2D eigenvalue weighted by Crippen LogP contribution is -2.51. The number of pyridine rings is 1. The van der Waals surface area contributed by atoms with Crippen LogP contribution in [0.3, 0.4) is 0 Å². The summed E-state index contributed by atoms with van der Waals surface area (Å²) in [6.45, 7) is 3.29. The molecule has 2 aromatic rings. The van der Waals surface area contributed by atoms with Crippen molar-refractivity contribution < 1.29 is 4.39 Å². The highest BCUT2D eigenvalue weighted by Crippen LogP contribution is 2.22. The van der Waals surface area contributed by atoms with Crippen LogP contribution in [0.25, 0.3) is 0 Å². The van der Waals surface area contributed by atoms with Gasteiger partial charge in [0, 0.05) is 31.0 Å². The van der Waals surface area contributed by atoms with E-state index in [4.69, 9.17) is 5.73 Å². The standard InChI is InChI=1S/C17H22FN3/c1-17(13-19,11-15-5-3-4-6-16(15)18)21(2)12-14-7-9-20-10-8-14/h3-10H,11-13,19H2,1-2H3. The molecule has 0 amide bonds. The molecule has 0 spiro atoms. The third-order valence-electron chi connectivity index (χ3n) is 4.06. The highest BCUT2D eigenvalue weighted by molar-refractivity contribution is 5.20. The molecular formula is C17H22FN3. The molecule has 0 bridgehead atoms. The molecule has 0 fully saturated rings. The van der Waals surface area contributed by atoms with E-state index in [-0.39, 0.29) is 11.4 Å². The van der Waals surface area contributed by atoms with Crippen LogP contribution in [0.4, 0.5) is 4.39 Å². The first-order valence-corrected chi connectivity index (χ1v) is 7.09. The summed E-state index contributed by atoms with van der Waals surface area (Å²) in [5.74, 6) is -0.172. The molecule has 0 aliphatic heterocycles. The third kappa shape index (κ3) is 3.86. The lowest BCUT2D eigenvalue weighted by atomic mass is 9.90. The average molecular weight is 287 g/mol. The number of aromatic nitrogens is 1. The molecule has 1 unspecified atom stereocenters. The van der Waals surface area contributed by atoms with Crippen molar-refractivity contribution in [2.75, 3.05) is 13.6 Å². The number of hydrogen-bond donors (Lipinski definition) is 1. The van der Waals surface area contributed by atoms with Gasteiger partial charge in [-0.2, -0.15) is 0 Å².